The van der Waals surface area contributed by atoms with Crippen molar-refractivity contribution >= 4 is 16.0 Å². The number of carboxylic acid groups (broad SMARTS) is 1. The molecule has 1 atom stereocenters. The molecule has 0 spiro atoms. The van der Waals surface area contributed by atoms with E-state index in [9.17, 15) is 13.2 Å². The summed E-state index contributed by atoms with van der Waals surface area (Å²) in [5.74, 6) is -1.32. The molecule has 0 saturated carbocycles. The van der Waals surface area contributed by atoms with E-state index in [0.29, 0.717) is 17.7 Å². The minimum absolute atomic E-state index is 0.243. The van der Waals surface area contributed by atoms with E-state index in [4.69, 9.17) is 5.11 Å². The summed E-state index contributed by atoms with van der Waals surface area (Å²) >= 11 is 0. The quantitative estimate of drug-likeness (QED) is 0.757. The van der Waals surface area contributed by atoms with Gasteiger partial charge in [-0.1, -0.05) is 24.6 Å². The van der Waals surface area contributed by atoms with E-state index in [2.05, 4.69) is 4.72 Å². The van der Waals surface area contributed by atoms with Gasteiger partial charge in [0.1, 0.15) is 0 Å². The Morgan fingerprint density at radius 1 is 1.24 bits per heavy atom. The lowest BCUT2D eigenvalue weighted by atomic mass is 10.1. The standard InChI is InChI=1S/C15H23NO4S/c1-10-8-12(3)14(13(4)9-10)21(19,20)16-7-5-6-11(2)15(17)18/h8-9,11,16H,5-7H2,1-4H3,(H,17,18). The van der Waals surface area contributed by atoms with Crippen LogP contribution < -0.4 is 4.72 Å². The van der Waals surface area contributed by atoms with Gasteiger partial charge in [0.15, 0.2) is 0 Å². The molecule has 1 rings (SSSR count). The Balaban J connectivity index is 2.73. The Labute approximate surface area is 126 Å². The van der Waals surface area contributed by atoms with Gasteiger partial charge in [-0.05, 0) is 44.7 Å². The van der Waals surface area contributed by atoms with Gasteiger partial charge in [0.05, 0.1) is 10.8 Å². The monoisotopic (exact) mass is 313 g/mol. The second-order valence-corrected chi connectivity index (χ2v) is 7.21. The molecule has 118 valence electrons. The highest BCUT2D eigenvalue weighted by Crippen LogP contribution is 2.21. The molecule has 21 heavy (non-hydrogen) atoms. The van der Waals surface area contributed by atoms with Crippen molar-refractivity contribution in [2.24, 2.45) is 5.92 Å². The number of rotatable bonds is 7. The van der Waals surface area contributed by atoms with Crippen molar-refractivity contribution in [3.05, 3.63) is 28.8 Å². The second-order valence-electron chi connectivity index (χ2n) is 5.51. The number of aliphatic carboxylic acids is 1. The van der Waals surface area contributed by atoms with Crippen LogP contribution >= 0.6 is 0 Å². The number of benzene rings is 1. The maximum atomic E-state index is 12.3. The van der Waals surface area contributed by atoms with Crippen LogP contribution in [0.15, 0.2) is 17.0 Å². The van der Waals surface area contributed by atoms with E-state index in [1.165, 1.54) is 0 Å². The molecular formula is C15H23NO4S. The Bertz CT molecular complexity index is 600. The molecule has 0 aliphatic heterocycles. The molecule has 2 N–H and O–H groups in total. The third-order valence-corrected chi connectivity index (χ3v) is 5.17. The Hall–Kier alpha value is -1.40. The highest BCUT2D eigenvalue weighted by Gasteiger charge is 2.19. The molecule has 1 unspecified atom stereocenters. The van der Waals surface area contributed by atoms with Gasteiger partial charge < -0.3 is 5.11 Å². The average Bonchev–Trinajstić information content (AvgIpc) is 2.32. The SMILES string of the molecule is Cc1cc(C)c(S(=O)(=O)NCCCC(C)C(=O)O)c(C)c1. The number of sulfonamides is 1. The maximum Gasteiger partial charge on any atom is 0.306 e. The molecule has 0 amide bonds. The van der Waals surface area contributed by atoms with Crippen LogP contribution in [0.5, 0.6) is 0 Å². The highest BCUT2D eigenvalue weighted by atomic mass is 32.2. The lowest BCUT2D eigenvalue weighted by Crippen LogP contribution is -2.27. The number of nitrogens with one attached hydrogen (secondary N) is 1. The van der Waals surface area contributed by atoms with Gasteiger partial charge in [-0.3, -0.25) is 4.79 Å². The second kappa shape index (κ2) is 7.04. The van der Waals surface area contributed by atoms with E-state index in [0.717, 1.165) is 16.7 Å². The van der Waals surface area contributed by atoms with Gasteiger partial charge in [0.2, 0.25) is 10.0 Å². The van der Waals surface area contributed by atoms with Gasteiger partial charge in [-0.2, -0.15) is 0 Å². The number of hydrogen-bond acceptors (Lipinski definition) is 3. The Morgan fingerprint density at radius 3 is 2.24 bits per heavy atom. The van der Waals surface area contributed by atoms with Crippen LogP contribution in [-0.2, 0) is 14.8 Å². The minimum atomic E-state index is -3.55. The summed E-state index contributed by atoms with van der Waals surface area (Å²) in [7, 11) is -3.55. The molecule has 0 fully saturated rings. The molecule has 6 heteroatoms. The lowest BCUT2D eigenvalue weighted by molar-refractivity contribution is -0.141. The van der Waals surface area contributed by atoms with E-state index in [1.54, 1.807) is 20.8 Å². The molecule has 0 saturated heterocycles. The van der Waals surface area contributed by atoms with Crippen LogP contribution in [0.25, 0.3) is 0 Å². The van der Waals surface area contributed by atoms with Crippen molar-refractivity contribution in [1.29, 1.82) is 0 Å². The van der Waals surface area contributed by atoms with Crippen molar-refractivity contribution in [1.82, 2.24) is 4.72 Å². The van der Waals surface area contributed by atoms with Crippen LogP contribution in [0.2, 0.25) is 0 Å². The van der Waals surface area contributed by atoms with E-state index in [1.807, 2.05) is 19.1 Å². The van der Waals surface area contributed by atoms with Crippen LogP contribution in [0.4, 0.5) is 0 Å². The first-order valence-electron chi connectivity index (χ1n) is 6.95. The molecule has 0 bridgehead atoms. The number of carboxylic acids is 1. The van der Waals surface area contributed by atoms with E-state index >= 15 is 0 Å². The molecule has 0 aliphatic carbocycles. The lowest BCUT2D eigenvalue weighted by Gasteiger charge is -2.13. The van der Waals surface area contributed by atoms with Crippen LogP contribution in [0.1, 0.15) is 36.5 Å². The van der Waals surface area contributed by atoms with Crippen LogP contribution in [0.3, 0.4) is 0 Å². The topological polar surface area (TPSA) is 83.5 Å². The van der Waals surface area contributed by atoms with Gasteiger partial charge in [-0.25, -0.2) is 13.1 Å². The number of carbonyl (C=O) groups is 1. The maximum absolute atomic E-state index is 12.3. The Morgan fingerprint density at radius 2 is 1.76 bits per heavy atom. The molecule has 0 aromatic heterocycles. The largest absolute Gasteiger partial charge is 0.481 e. The summed E-state index contributed by atoms with van der Waals surface area (Å²) in [6, 6.07) is 3.68. The average molecular weight is 313 g/mol. The van der Waals surface area contributed by atoms with E-state index < -0.39 is 21.9 Å². The van der Waals surface area contributed by atoms with Gasteiger partial charge in [-0.15, -0.1) is 0 Å². The first-order chi connectivity index (χ1) is 9.65. The molecule has 0 aliphatic rings. The van der Waals surface area contributed by atoms with Crippen molar-refractivity contribution in [3.8, 4) is 0 Å². The number of hydrogen-bond donors (Lipinski definition) is 2. The molecular weight excluding hydrogens is 290 g/mol. The molecule has 1 aromatic rings. The summed E-state index contributed by atoms with van der Waals surface area (Å²) in [4.78, 5) is 11.0. The van der Waals surface area contributed by atoms with Crippen LogP contribution in [0, 0.1) is 26.7 Å². The molecule has 0 heterocycles. The first-order valence-corrected chi connectivity index (χ1v) is 8.44. The van der Waals surface area contributed by atoms with Crippen molar-refractivity contribution < 1.29 is 18.3 Å². The van der Waals surface area contributed by atoms with Gasteiger partial charge >= 0.3 is 5.97 Å². The fraction of sp³-hybridized carbons (Fsp3) is 0.533. The van der Waals surface area contributed by atoms with E-state index in [-0.39, 0.29) is 6.54 Å². The first kappa shape index (κ1) is 17.7. The Kier molecular flexibility index (Phi) is 5.92. The van der Waals surface area contributed by atoms with Crippen molar-refractivity contribution in [2.75, 3.05) is 6.54 Å². The van der Waals surface area contributed by atoms with Gasteiger partial charge in [0.25, 0.3) is 0 Å². The van der Waals surface area contributed by atoms with Crippen LogP contribution in [-0.4, -0.2) is 26.0 Å². The highest BCUT2D eigenvalue weighted by molar-refractivity contribution is 7.89. The van der Waals surface area contributed by atoms with Crippen molar-refractivity contribution in [3.63, 3.8) is 0 Å². The fourth-order valence-corrected chi connectivity index (χ4v) is 3.92. The van der Waals surface area contributed by atoms with Crippen molar-refractivity contribution in [2.45, 2.75) is 45.4 Å². The zero-order valence-corrected chi connectivity index (χ0v) is 13.8. The molecule has 5 nitrogen and oxygen atoms in total. The summed E-state index contributed by atoms with van der Waals surface area (Å²) in [5, 5.41) is 8.78. The van der Waals surface area contributed by atoms with Gasteiger partial charge in [0, 0.05) is 6.54 Å². The zero-order valence-electron chi connectivity index (χ0n) is 12.9. The molecule has 0 radical (unpaired) electrons. The predicted octanol–water partition coefficient (Wildman–Crippen LogP) is 2.39. The summed E-state index contributed by atoms with van der Waals surface area (Å²) in [6.45, 7) is 7.34. The zero-order chi connectivity index (χ0) is 16.2. The summed E-state index contributed by atoms with van der Waals surface area (Å²) < 4.78 is 27.2. The fourth-order valence-electron chi connectivity index (χ4n) is 2.40. The smallest absolute Gasteiger partial charge is 0.306 e. The summed E-state index contributed by atoms with van der Waals surface area (Å²) in [6.07, 6.45) is 0.945. The normalized spacial score (nSPS) is 13.1. The minimum Gasteiger partial charge on any atom is -0.481 e. The third-order valence-electron chi connectivity index (χ3n) is 3.40. The predicted molar refractivity (Wildman–Crippen MR) is 81.9 cm³/mol. The number of aryl methyl sites for hydroxylation is 3. The molecule has 1 aromatic carbocycles. The summed E-state index contributed by atoms with van der Waals surface area (Å²) in [5.41, 5.74) is 2.47. The third kappa shape index (κ3) is 4.82.